The maximum Gasteiger partial charge on any atom is 0.313 e. The lowest BCUT2D eigenvalue weighted by Gasteiger charge is -2.05. The van der Waals surface area contributed by atoms with Crippen LogP contribution in [-0.4, -0.2) is 29.9 Å². The number of pyridine rings is 1. The van der Waals surface area contributed by atoms with Gasteiger partial charge < -0.3 is 16.4 Å². The molecule has 1 aromatic rings. The van der Waals surface area contributed by atoms with Crippen LogP contribution in [0.1, 0.15) is 5.69 Å². The minimum Gasteiger partial charge on any atom is -0.347 e. The van der Waals surface area contributed by atoms with Gasteiger partial charge in [0.25, 0.3) is 0 Å². The van der Waals surface area contributed by atoms with E-state index >= 15 is 0 Å². The number of hydrogen-bond donors (Lipinski definition) is 3. The third-order valence-corrected chi connectivity index (χ3v) is 1.79. The SMILES string of the molecule is Cc1cc(NC(=O)C(=O)NCCN)ccn1. The van der Waals surface area contributed by atoms with Crippen molar-refractivity contribution >= 4 is 17.5 Å². The summed E-state index contributed by atoms with van der Waals surface area (Å²) in [5.74, 6) is -1.40. The van der Waals surface area contributed by atoms with Gasteiger partial charge >= 0.3 is 11.8 Å². The number of aromatic nitrogens is 1. The highest BCUT2D eigenvalue weighted by atomic mass is 16.2. The van der Waals surface area contributed by atoms with Crippen molar-refractivity contribution in [1.29, 1.82) is 0 Å². The molecule has 0 saturated heterocycles. The Morgan fingerprint density at radius 3 is 2.81 bits per heavy atom. The summed E-state index contributed by atoms with van der Waals surface area (Å²) in [6.07, 6.45) is 1.56. The largest absolute Gasteiger partial charge is 0.347 e. The molecule has 0 radical (unpaired) electrons. The van der Waals surface area contributed by atoms with Gasteiger partial charge in [-0.1, -0.05) is 0 Å². The first-order valence-corrected chi connectivity index (χ1v) is 4.85. The fourth-order valence-electron chi connectivity index (χ4n) is 1.08. The van der Waals surface area contributed by atoms with Gasteiger partial charge in [-0.3, -0.25) is 14.6 Å². The minimum absolute atomic E-state index is 0.279. The molecule has 16 heavy (non-hydrogen) atoms. The molecule has 0 spiro atoms. The molecule has 4 N–H and O–H groups in total. The first-order valence-electron chi connectivity index (χ1n) is 4.85. The summed E-state index contributed by atoms with van der Waals surface area (Å²) in [5, 5.41) is 4.83. The lowest BCUT2D eigenvalue weighted by molar-refractivity contribution is -0.136. The summed E-state index contributed by atoms with van der Waals surface area (Å²) >= 11 is 0. The van der Waals surface area contributed by atoms with Crippen molar-refractivity contribution in [3.8, 4) is 0 Å². The fraction of sp³-hybridized carbons (Fsp3) is 0.300. The monoisotopic (exact) mass is 222 g/mol. The summed E-state index contributed by atoms with van der Waals surface area (Å²) in [5.41, 5.74) is 6.50. The van der Waals surface area contributed by atoms with Gasteiger partial charge in [0.1, 0.15) is 0 Å². The zero-order valence-corrected chi connectivity index (χ0v) is 8.99. The van der Waals surface area contributed by atoms with Gasteiger partial charge in [-0.05, 0) is 19.1 Å². The first kappa shape index (κ1) is 12.1. The molecule has 86 valence electrons. The Labute approximate surface area is 93.2 Å². The van der Waals surface area contributed by atoms with Crippen LogP contribution in [0.4, 0.5) is 5.69 Å². The number of carbonyl (C=O) groups is 2. The van der Waals surface area contributed by atoms with Crippen LogP contribution in [0.2, 0.25) is 0 Å². The van der Waals surface area contributed by atoms with E-state index in [1.165, 1.54) is 0 Å². The van der Waals surface area contributed by atoms with E-state index in [2.05, 4.69) is 15.6 Å². The Morgan fingerprint density at radius 1 is 1.44 bits per heavy atom. The predicted octanol–water partition coefficient (Wildman–Crippen LogP) is -0.597. The number of carbonyl (C=O) groups excluding carboxylic acids is 2. The van der Waals surface area contributed by atoms with Gasteiger partial charge in [0.2, 0.25) is 0 Å². The third-order valence-electron chi connectivity index (χ3n) is 1.79. The Morgan fingerprint density at radius 2 is 2.19 bits per heavy atom. The topological polar surface area (TPSA) is 97.1 Å². The van der Waals surface area contributed by atoms with Crippen molar-refractivity contribution in [2.24, 2.45) is 5.73 Å². The number of nitrogens with zero attached hydrogens (tertiary/aromatic N) is 1. The van der Waals surface area contributed by atoms with Crippen LogP contribution in [0.5, 0.6) is 0 Å². The van der Waals surface area contributed by atoms with Gasteiger partial charge in [-0.2, -0.15) is 0 Å². The molecule has 0 unspecified atom stereocenters. The van der Waals surface area contributed by atoms with Crippen molar-refractivity contribution in [1.82, 2.24) is 10.3 Å². The van der Waals surface area contributed by atoms with Crippen LogP contribution in [0.15, 0.2) is 18.3 Å². The van der Waals surface area contributed by atoms with E-state index in [-0.39, 0.29) is 6.54 Å². The molecule has 6 heteroatoms. The highest BCUT2D eigenvalue weighted by Crippen LogP contribution is 2.06. The molecular weight excluding hydrogens is 208 g/mol. The molecule has 0 aromatic carbocycles. The normalized spacial score (nSPS) is 9.62. The van der Waals surface area contributed by atoms with E-state index in [9.17, 15) is 9.59 Å². The Kier molecular flexibility index (Phi) is 4.41. The summed E-state index contributed by atoms with van der Waals surface area (Å²) in [6.45, 7) is 2.37. The van der Waals surface area contributed by atoms with Gasteiger partial charge in [0.15, 0.2) is 0 Å². The number of nitrogens with one attached hydrogen (secondary N) is 2. The zero-order valence-electron chi connectivity index (χ0n) is 8.99. The molecule has 1 rings (SSSR count). The molecule has 1 aromatic heterocycles. The van der Waals surface area contributed by atoms with Crippen LogP contribution >= 0.6 is 0 Å². The van der Waals surface area contributed by atoms with Crippen LogP contribution < -0.4 is 16.4 Å². The number of nitrogens with two attached hydrogens (primary N) is 1. The Bertz CT molecular complexity index is 392. The molecule has 0 saturated carbocycles. The Balaban J connectivity index is 2.54. The molecule has 0 bridgehead atoms. The maximum atomic E-state index is 11.3. The molecule has 0 fully saturated rings. The smallest absolute Gasteiger partial charge is 0.313 e. The van der Waals surface area contributed by atoms with Gasteiger partial charge in [0.05, 0.1) is 0 Å². The van der Waals surface area contributed by atoms with E-state index in [0.717, 1.165) is 5.69 Å². The lowest BCUT2D eigenvalue weighted by atomic mass is 10.3. The van der Waals surface area contributed by atoms with Crippen LogP contribution in [0.25, 0.3) is 0 Å². The number of anilines is 1. The fourth-order valence-corrected chi connectivity index (χ4v) is 1.08. The van der Waals surface area contributed by atoms with Crippen LogP contribution in [0, 0.1) is 6.92 Å². The number of aryl methyl sites for hydroxylation is 1. The highest BCUT2D eigenvalue weighted by molar-refractivity contribution is 6.39. The van der Waals surface area contributed by atoms with Crippen molar-refractivity contribution < 1.29 is 9.59 Å². The van der Waals surface area contributed by atoms with Gasteiger partial charge in [-0.15, -0.1) is 0 Å². The summed E-state index contributed by atoms with van der Waals surface area (Å²) in [7, 11) is 0. The predicted molar refractivity (Wildman–Crippen MR) is 59.7 cm³/mol. The van der Waals surface area contributed by atoms with Crippen molar-refractivity contribution in [3.05, 3.63) is 24.0 Å². The van der Waals surface area contributed by atoms with Crippen LogP contribution in [0.3, 0.4) is 0 Å². The standard InChI is InChI=1S/C10H14N4O2/c1-7-6-8(2-4-12-7)14-10(16)9(15)13-5-3-11/h2,4,6H,3,5,11H2,1H3,(H,13,15)(H,12,14,16). The molecule has 0 aliphatic rings. The average Bonchev–Trinajstić information content (AvgIpc) is 2.25. The molecule has 0 atom stereocenters. The maximum absolute atomic E-state index is 11.3. The first-order chi connectivity index (χ1) is 7.63. The molecular formula is C10H14N4O2. The van der Waals surface area contributed by atoms with Crippen molar-refractivity contribution in [3.63, 3.8) is 0 Å². The number of rotatable bonds is 3. The molecule has 0 aliphatic carbocycles. The Hall–Kier alpha value is -1.95. The second kappa shape index (κ2) is 5.82. The average molecular weight is 222 g/mol. The van der Waals surface area contributed by atoms with E-state index in [4.69, 9.17) is 5.73 Å². The molecule has 6 nitrogen and oxygen atoms in total. The van der Waals surface area contributed by atoms with Crippen LogP contribution in [-0.2, 0) is 9.59 Å². The summed E-state index contributed by atoms with van der Waals surface area (Å²) < 4.78 is 0. The van der Waals surface area contributed by atoms with Gasteiger partial charge in [-0.25, -0.2) is 0 Å². The highest BCUT2D eigenvalue weighted by Gasteiger charge is 2.12. The van der Waals surface area contributed by atoms with Crippen molar-refractivity contribution in [2.45, 2.75) is 6.92 Å². The molecule has 1 heterocycles. The van der Waals surface area contributed by atoms with E-state index in [1.54, 1.807) is 25.3 Å². The van der Waals surface area contributed by atoms with Crippen molar-refractivity contribution in [2.75, 3.05) is 18.4 Å². The van der Waals surface area contributed by atoms with Gasteiger partial charge in [0, 0.05) is 30.7 Å². The molecule has 0 aliphatic heterocycles. The zero-order chi connectivity index (χ0) is 12.0. The second-order valence-electron chi connectivity index (χ2n) is 3.18. The number of hydrogen-bond acceptors (Lipinski definition) is 4. The second-order valence-corrected chi connectivity index (χ2v) is 3.18. The van der Waals surface area contributed by atoms with E-state index < -0.39 is 11.8 Å². The summed E-state index contributed by atoms with van der Waals surface area (Å²) in [6, 6.07) is 3.29. The van der Waals surface area contributed by atoms with E-state index in [1.807, 2.05) is 0 Å². The number of amides is 2. The lowest BCUT2D eigenvalue weighted by Crippen LogP contribution is -2.37. The third kappa shape index (κ3) is 3.66. The van der Waals surface area contributed by atoms with E-state index in [0.29, 0.717) is 12.2 Å². The quantitative estimate of drug-likeness (QED) is 0.595. The molecule has 2 amide bonds. The summed E-state index contributed by atoms with van der Waals surface area (Å²) in [4.78, 5) is 26.5. The minimum atomic E-state index is -0.709.